The van der Waals surface area contributed by atoms with Crippen LogP contribution >= 0.6 is 11.6 Å². The molecule has 0 bridgehead atoms. The molecule has 0 amide bonds. The van der Waals surface area contributed by atoms with Gasteiger partial charge in [0.25, 0.3) is 0 Å². The van der Waals surface area contributed by atoms with Gasteiger partial charge in [0, 0.05) is 13.1 Å². The minimum atomic E-state index is -0.643. The maximum absolute atomic E-state index is 9.97. The molecule has 5 heteroatoms. The van der Waals surface area contributed by atoms with Crippen LogP contribution in [0.1, 0.15) is 26.7 Å². The Morgan fingerprint density at radius 2 is 1.81 bits per heavy atom. The molecule has 0 aliphatic heterocycles. The van der Waals surface area contributed by atoms with Crippen LogP contribution in [0.5, 0.6) is 5.75 Å². The van der Waals surface area contributed by atoms with Crippen LogP contribution in [0.25, 0.3) is 0 Å². The molecule has 1 aromatic rings. The second-order valence-electron chi connectivity index (χ2n) is 5.20. The molecule has 0 aromatic heterocycles. The van der Waals surface area contributed by atoms with E-state index in [2.05, 4.69) is 19.2 Å². The lowest BCUT2D eigenvalue weighted by Crippen LogP contribution is -2.38. The standard InChI is InChI=1S/C16H26ClNO3/c1-3-12(4-2)15(20)10-18-9-13(19)11-21-16-8-6-5-7-14(16)17/h5-8,12-13,15,18-20H,3-4,9-11H2,1-2H3. The van der Waals surface area contributed by atoms with Crippen molar-refractivity contribution in [1.82, 2.24) is 5.32 Å². The van der Waals surface area contributed by atoms with E-state index in [0.717, 1.165) is 12.8 Å². The van der Waals surface area contributed by atoms with E-state index in [-0.39, 0.29) is 12.7 Å². The Hall–Kier alpha value is -0.810. The second kappa shape index (κ2) is 10.0. The van der Waals surface area contributed by atoms with E-state index in [1.165, 1.54) is 0 Å². The average molecular weight is 316 g/mol. The van der Waals surface area contributed by atoms with E-state index in [4.69, 9.17) is 16.3 Å². The summed E-state index contributed by atoms with van der Waals surface area (Å²) in [5, 5.41) is 23.4. The lowest BCUT2D eigenvalue weighted by atomic mass is 9.96. The van der Waals surface area contributed by atoms with Crippen molar-refractivity contribution in [2.75, 3.05) is 19.7 Å². The molecule has 0 aliphatic carbocycles. The molecule has 1 aromatic carbocycles. The maximum atomic E-state index is 9.97. The second-order valence-corrected chi connectivity index (χ2v) is 5.60. The van der Waals surface area contributed by atoms with Crippen molar-refractivity contribution in [1.29, 1.82) is 0 Å². The van der Waals surface area contributed by atoms with Gasteiger partial charge in [-0.25, -0.2) is 0 Å². The predicted octanol–water partition coefficient (Wildman–Crippen LogP) is 2.47. The SMILES string of the molecule is CCC(CC)C(O)CNCC(O)COc1ccccc1Cl. The summed E-state index contributed by atoms with van der Waals surface area (Å²) < 4.78 is 5.46. The molecule has 0 radical (unpaired) electrons. The first-order chi connectivity index (χ1) is 10.1. The summed E-state index contributed by atoms with van der Waals surface area (Å²) in [5.41, 5.74) is 0. The normalized spacial score (nSPS) is 14.2. The van der Waals surface area contributed by atoms with Gasteiger partial charge in [-0.2, -0.15) is 0 Å². The first kappa shape index (κ1) is 18.2. The van der Waals surface area contributed by atoms with Crippen molar-refractivity contribution < 1.29 is 14.9 Å². The summed E-state index contributed by atoms with van der Waals surface area (Å²) in [5.74, 6) is 0.865. The number of hydrogen-bond donors (Lipinski definition) is 3. The minimum absolute atomic E-state index is 0.164. The van der Waals surface area contributed by atoms with Gasteiger partial charge in [0.05, 0.1) is 11.1 Å². The van der Waals surface area contributed by atoms with Crippen molar-refractivity contribution in [3.05, 3.63) is 29.3 Å². The van der Waals surface area contributed by atoms with Gasteiger partial charge < -0.3 is 20.3 Å². The Morgan fingerprint density at radius 3 is 2.43 bits per heavy atom. The molecule has 0 heterocycles. The molecule has 21 heavy (non-hydrogen) atoms. The summed E-state index contributed by atoms with van der Waals surface area (Å²) in [7, 11) is 0. The molecule has 0 aliphatic rings. The number of rotatable bonds is 10. The van der Waals surface area contributed by atoms with Crippen molar-refractivity contribution in [2.24, 2.45) is 5.92 Å². The van der Waals surface area contributed by atoms with Crippen LogP contribution in [0.4, 0.5) is 0 Å². The maximum Gasteiger partial charge on any atom is 0.138 e. The number of halogens is 1. The average Bonchev–Trinajstić information content (AvgIpc) is 2.47. The van der Waals surface area contributed by atoms with Crippen molar-refractivity contribution in [3.8, 4) is 5.75 Å². The van der Waals surface area contributed by atoms with Gasteiger partial charge in [0.2, 0.25) is 0 Å². The summed E-state index contributed by atoms with van der Waals surface area (Å²) in [6.07, 6.45) is 0.890. The topological polar surface area (TPSA) is 61.7 Å². The Labute approximate surface area is 132 Å². The third-order valence-corrected chi connectivity index (χ3v) is 3.91. The van der Waals surface area contributed by atoms with Crippen LogP contribution in [-0.2, 0) is 0 Å². The van der Waals surface area contributed by atoms with Crippen LogP contribution < -0.4 is 10.1 Å². The number of ether oxygens (including phenoxy) is 1. The fourth-order valence-corrected chi connectivity index (χ4v) is 2.39. The molecule has 3 N–H and O–H groups in total. The van der Waals surface area contributed by atoms with Gasteiger partial charge in [-0.1, -0.05) is 50.4 Å². The van der Waals surface area contributed by atoms with E-state index in [9.17, 15) is 10.2 Å². The highest BCUT2D eigenvalue weighted by molar-refractivity contribution is 6.32. The number of aliphatic hydroxyl groups excluding tert-OH is 2. The molecule has 2 atom stereocenters. The van der Waals surface area contributed by atoms with Crippen LogP contribution in [0.15, 0.2) is 24.3 Å². The Bertz CT molecular complexity index is 399. The molecule has 0 fully saturated rings. The zero-order valence-electron chi connectivity index (χ0n) is 12.8. The molecule has 120 valence electrons. The predicted molar refractivity (Wildman–Crippen MR) is 85.9 cm³/mol. The Balaban J connectivity index is 2.22. The lowest BCUT2D eigenvalue weighted by Gasteiger charge is -2.21. The van der Waals surface area contributed by atoms with E-state index in [1.54, 1.807) is 12.1 Å². The van der Waals surface area contributed by atoms with Crippen LogP contribution in [0.3, 0.4) is 0 Å². The third-order valence-electron chi connectivity index (χ3n) is 3.59. The summed E-state index contributed by atoms with van der Waals surface area (Å²) in [6.45, 7) is 5.17. The number of benzene rings is 1. The Morgan fingerprint density at radius 1 is 1.14 bits per heavy atom. The van der Waals surface area contributed by atoms with Gasteiger partial charge in [0.1, 0.15) is 18.5 Å². The van der Waals surface area contributed by atoms with E-state index >= 15 is 0 Å². The fourth-order valence-electron chi connectivity index (χ4n) is 2.20. The first-order valence-corrected chi connectivity index (χ1v) is 7.90. The summed E-state index contributed by atoms with van der Waals surface area (Å²) in [4.78, 5) is 0. The van der Waals surface area contributed by atoms with Crippen LogP contribution in [-0.4, -0.2) is 42.1 Å². The smallest absolute Gasteiger partial charge is 0.138 e. The van der Waals surface area contributed by atoms with E-state index in [0.29, 0.717) is 29.8 Å². The number of para-hydroxylation sites is 1. The molecule has 0 saturated heterocycles. The summed E-state index contributed by atoms with van der Waals surface area (Å²) >= 11 is 5.97. The largest absolute Gasteiger partial charge is 0.489 e. The van der Waals surface area contributed by atoms with Gasteiger partial charge in [-0.3, -0.25) is 0 Å². The molecule has 0 spiro atoms. The van der Waals surface area contributed by atoms with Gasteiger partial charge in [-0.15, -0.1) is 0 Å². The van der Waals surface area contributed by atoms with E-state index < -0.39 is 6.10 Å². The molecular weight excluding hydrogens is 290 g/mol. The highest BCUT2D eigenvalue weighted by Crippen LogP contribution is 2.23. The first-order valence-electron chi connectivity index (χ1n) is 7.52. The highest BCUT2D eigenvalue weighted by atomic mass is 35.5. The zero-order valence-corrected chi connectivity index (χ0v) is 13.5. The van der Waals surface area contributed by atoms with Crippen molar-refractivity contribution in [2.45, 2.75) is 38.9 Å². The molecule has 1 rings (SSSR count). The van der Waals surface area contributed by atoms with Crippen molar-refractivity contribution in [3.63, 3.8) is 0 Å². The molecule has 4 nitrogen and oxygen atoms in total. The molecule has 0 saturated carbocycles. The lowest BCUT2D eigenvalue weighted by molar-refractivity contribution is 0.0820. The minimum Gasteiger partial charge on any atom is -0.489 e. The summed E-state index contributed by atoms with van der Waals surface area (Å²) in [6, 6.07) is 7.16. The molecular formula is C16H26ClNO3. The fraction of sp³-hybridized carbons (Fsp3) is 0.625. The van der Waals surface area contributed by atoms with Gasteiger partial charge in [0.15, 0.2) is 0 Å². The number of aliphatic hydroxyl groups is 2. The monoisotopic (exact) mass is 315 g/mol. The molecule has 2 unspecified atom stereocenters. The van der Waals surface area contributed by atoms with Crippen molar-refractivity contribution >= 4 is 11.6 Å². The number of nitrogens with one attached hydrogen (secondary N) is 1. The zero-order chi connectivity index (χ0) is 15.7. The van der Waals surface area contributed by atoms with Crippen LogP contribution in [0, 0.1) is 5.92 Å². The quantitative estimate of drug-likeness (QED) is 0.621. The number of hydrogen-bond acceptors (Lipinski definition) is 4. The Kier molecular flexibility index (Phi) is 8.69. The highest BCUT2D eigenvalue weighted by Gasteiger charge is 2.15. The van der Waals surface area contributed by atoms with Crippen LogP contribution in [0.2, 0.25) is 5.02 Å². The third kappa shape index (κ3) is 6.66. The van der Waals surface area contributed by atoms with E-state index in [1.807, 2.05) is 12.1 Å². The van der Waals surface area contributed by atoms with Gasteiger partial charge >= 0.3 is 0 Å². The van der Waals surface area contributed by atoms with Gasteiger partial charge in [-0.05, 0) is 18.1 Å².